The minimum atomic E-state index is -0.690. The predicted molar refractivity (Wildman–Crippen MR) is 90.0 cm³/mol. The van der Waals surface area contributed by atoms with E-state index in [0.29, 0.717) is 11.3 Å². The fourth-order valence-corrected chi connectivity index (χ4v) is 2.52. The van der Waals surface area contributed by atoms with Gasteiger partial charge in [-0.3, -0.25) is 9.59 Å². The van der Waals surface area contributed by atoms with Crippen molar-refractivity contribution in [1.82, 2.24) is 4.90 Å². The molecule has 25 heavy (non-hydrogen) atoms. The van der Waals surface area contributed by atoms with Crippen LogP contribution in [0.3, 0.4) is 0 Å². The number of anilines is 1. The minimum Gasteiger partial charge on any atom is -0.337 e. The second-order valence-corrected chi connectivity index (χ2v) is 6.24. The van der Waals surface area contributed by atoms with Gasteiger partial charge in [0.15, 0.2) is 0 Å². The highest BCUT2D eigenvalue weighted by Gasteiger charge is 2.29. The maximum Gasteiger partial charge on any atom is 0.253 e. The van der Waals surface area contributed by atoms with E-state index in [-0.39, 0.29) is 29.8 Å². The van der Waals surface area contributed by atoms with E-state index in [1.165, 1.54) is 11.0 Å². The van der Waals surface area contributed by atoms with Crippen molar-refractivity contribution < 1.29 is 18.4 Å². The molecule has 1 fully saturated rings. The number of amides is 2. The fraction of sp³-hybridized carbons (Fsp3) is 0.263. The van der Waals surface area contributed by atoms with Gasteiger partial charge in [0.1, 0.15) is 11.6 Å². The van der Waals surface area contributed by atoms with Gasteiger partial charge < -0.3 is 10.2 Å². The Morgan fingerprint density at radius 3 is 2.60 bits per heavy atom. The molecular weight excluding hydrogens is 326 g/mol. The number of hydrogen-bond acceptors (Lipinski definition) is 2. The Labute approximate surface area is 144 Å². The molecule has 130 valence electrons. The number of halogens is 2. The maximum atomic E-state index is 13.7. The average Bonchev–Trinajstić information content (AvgIpc) is 3.42. The fourth-order valence-electron chi connectivity index (χ4n) is 2.52. The average molecular weight is 344 g/mol. The Morgan fingerprint density at radius 2 is 1.92 bits per heavy atom. The van der Waals surface area contributed by atoms with Crippen molar-refractivity contribution in [2.24, 2.45) is 5.92 Å². The summed E-state index contributed by atoms with van der Waals surface area (Å²) in [5.41, 5.74) is 1.18. The normalized spacial score (nSPS) is 13.4. The van der Waals surface area contributed by atoms with Crippen molar-refractivity contribution in [3.63, 3.8) is 0 Å². The summed E-state index contributed by atoms with van der Waals surface area (Å²) in [6.45, 7) is 0.0175. The quantitative estimate of drug-likeness (QED) is 0.901. The van der Waals surface area contributed by atoms with Crippen LogP contribution in [-0.2, 0) is 11.3 Å². The lowest BCUT2D eigenvalue weighted by atomic mass is 10.1. The van der Waals surface area contributed by atoms with Crippen LogP contribution < -0.4 is 5.32 Å². The molecule has 1 saturated carbocycles. The van der Waals surface area contributed by atoms with Crippen LogP contribution in [0.5, 0.6) is 0 Å². The number of nitrogens with zero attached hydrogens (tertiary/aromatic N) is 1. The topological polar surface area (TPSA) is 49.4 Å². The molecule has 2 aromatic rings. The van der Waals surface area contributed by atoms with Crippen molar-refractivity contribution in [3.05, 3.63) is 65.2 Å². The summed E-state index contributed by atoms with van der Waals surface area (Å²) in [4.78, 5) is 25.7. The highest BCUT2D eigenvalue weighted by Crippen LogP contribution is 2.30. The summed E-state index contributed by atoms with van der Waals surface area (Å²) in [5.74, 6) is -1.62. The Balaban J connectivity index is 1.69. The van der Waals surface area contributed by atoms with E-state index in [4.69, 9.17) is 0 Å². The smallest absolute Gasteiger partial charge is 0.253 e. The standard InChI is InChI=1S/C19H18F2N2O2/c1-23(11-14-7-8-15(20)10-17(14)21)19(25)13-3-2-4-16(9-13)22-18(24)12-5-6-12/h2-4,7-10,12H,5-6,11H2,1H3,(H,22,24). The van der Waals surface area contributed by atoms with Gasteiger partial charge in [0.25, 0.3) is 5.91 Å². The lowest BCUT2D eigenvalue weighted by molar-refractivity contribution is -0.117. The Kier molecular flexibility index (Phi) is 4.79. The molecule has 2 amide bonds. The van der Waals surface area contributed by atoms with E-state index in [1.54, 1.807) is 31.3 Å². The second-order valence-electron chi connectivity index (χ2n) is 6.24. The van der Waals surface area contributed by atoms with Crippen molar-refractivity contribution in [1.29, 1.82) is 0 Å². The van der Waals surface area contributed by atoms with Crippen molar-refractivity contribution in [3.8, 4) is 0 Å². The Morgan fingerprint density at radius 1 is 1.16 bits per heavy atom. The Bertz CT molecular complexity index is 819. The van der Waals surface area contributed by atoms with E-state index >= 15 is 0 Å². The molecule has 3 rings (SSSR count). The first-order valence-electron chi connectivity index (χ1n) is 8.04. The van der Waals surface area contributed by atoms with Crippen LogP contribution in [0.15, 0.2) is 42.5 Å². The van der Waals surface area contributed by atoms with E-state index in [1.807, 2.05) is 0 Å². The molecule has 0 unspecified atom stereocenters. The van der Waals surface area contributed by atoms with E-state index < -0.39 is 11.6 Å². The Hall–Kier alpha value is -2.76. The van der Waals surface area contributed by atoms with Gasteiger partial charge >= 0.3 is 0 Å². The van der Waals surface area contributed by atoms with Crippen LogP contribution in [0.4, 0.5) is 14.5 Å². The molecule has 0 aromatic heterocycles. The third-order valence-electron chi connectivity index (χ3n) is 4.09. The van der Waals surface area contributed by atoms with Gasteiger partial charge in [0.2, 0.25) is 5.91 Å². The minimum absolute atomic E-state index is 0.0175. The number of nitrogens with one attached hydrogen (secondary N) is 1. The van der Waals surface area contributed by atoms with Gasteiger partial charge in [-0.15, -0.1) is 0 Å². The highest BCUT2D eigenvalue weighted by molar-refractivity contribution is 5.98. The largest absolute Gasteiger partial charge is 0.337 e. The summed E-state index contributed by atoms with van der Waals surface area (Å²) in [6.07, 6.45) is 1.80. The number of carbonyl (C=O) groups excluding carboxylic acids is 2. The summed E-state index contributed by atoms with van der Waals surface area (Å²) in [6, 6.07) is 9.90. The van der Waals surface area contributed by atoms with Crippen molar-refractivity contribution >= 4 is 17.5 Å². The zero-order chi connectivity index (χ0) is 18.0. The molecule has 1 N–H and O–H groups in total. The molecule has 0 spiro atoms. The van der Waals surface area contributed by atoms with Crippen molar-refractivity contribution in [2.45, 2.75) is 19.4 Å². The summed E-state index contributed by atoms with van der Waals surface area (Å²) in [5, 5.41) is 2.79. The van der Waals surface area contributed by atoms with Gasteiger partial charge in [0.05, 0.1) is 0 Å². The predicted octanol–water partition coefficient (Wildman–Crippen LogP) is 3.59. The zero-order valence-electron chi connectivity index (χ0n) is 13.8. The summed E-state index contributed by atoms with van der Waals surface area (Å²) in [7, 11) is 1.54. The van der Waals surface area contributed by atoms with Crippen LogP contribution in [0.1, 0.15) is 28.8 Å². The SMILES string of the molecule is CN(Cc1ccc(F)cc1F)C(=O)c1cccc(NC(=O)C2CC2)c1. The first kappa shape index (κ1) is 17.1. The van der Waals surface area contributed by atoms with Crippen LogP contribution >= 0.6 is 0 Å². The lowest BCUT2D eigenvalue weighted by Gasteiger charge is -2.18. The first-order chi connectivity index (χ1) is 11.9. The van der Waals surface area contributed by atoms with E-state index in [2.05, 4.69) is 5.32 Å². The molecular formula is C19H18F2N2O2. The second kappa shape index (κ2) is 7.01. The number of benzene rings is 2. The number of carbonyl (C=O) groups is 2. The molecule has 1 aliphatic carbocycles. The molecule has 0 heterocycles. The molecule has 0 bridgehead atoms. The van der Waals surface area contributed by atoms with Gasteiger partial charge in [-0.05, 0) is 37.1 Å². The summed E-state index contributed by atoms with van der Waals surface area (Å²) < 4.78 is 26.7. The van der Waals surface area contributed by atoms with Crippen LogP contribution in [0.25, 0.3) is 0 Å². The molecule has 0 aliphatic heterocycles. The van der Waals surface area contributed by atoms with Crippen LogP contribution in [0, 0.1) is 17.6 Å². The lowest BCUT2D eigenvalue weighted by Crippen LogP contribution is -2.26. The number of hydrogen-bond donors (Lipinski definition) is 1. The molecule has 0 saturated heterocycles. The summed E-state index contributed by atoms with van der Waals surface area (Å²) >= 11 is 0. The van der Waals surface area contributed by atoms with Crippen LogP contribution in [0.2, 0.25) is 0 Å². The third kappa shape index (κ3) is 4.21. The zero-order valence-corrected chi connectivity index (χ0v) is 13.8. The molecule has 6 heteroatoms. The third-order valence-corrected chi connectivity index (χ3v) is 4.09. The van der Waals surface area contributed by atoms with Crippen molar-refractivity contribution in [2.75, 3.05) is 12.4 Å². The van der Waals surface area contributed by atoms with E-state index in [9.17, 15) is 18.4 Å². The van der Waals surface area contributed by atoms with Gasteiger partial charge in [0, 0.05) is 42.4 Å². The van der Waals surface area contributed by atoms with Gasteiger partial charge in [-0.25, -0.2) is 8.78 Å². The van der Waals surface area contributed by atoms with Gasteiger partial charge in [-0.2, -0.15) is 0 Å². The molecule has 0 atom stereocenters. The monoisotopic (exact) mass is 344 g/mol. The van der Waals surface area contributed by atoms with E-state index in [0.717, 1.165) is 25.0 Å². The molecule has 2 aromatic carbocycles. The van der Waals surface area contributed by atoms with Gasteiger partial charge in [-0.1, -0.05) is 12.1 Å². The number of rotatable bonds is 5. The molecule has 0 radical (unpaired) electrons. The molecule has 4 nitrogen and oxygen atoms in total. The molecule has 1 aliphatic rings. The maximum absolute atomic E-state index is 13.7. The first-order valence-corrected chi connectivity index (χ1v) is 8.04. The highest BCUT2D eigenvalue weighted by atomic mass is 19.1. The van der Waals surface area contributed by atoms with Crippen LogP contribution in [-0.4, -0.2) is 23.8 Å².